The Morgan fingerprint density at radius 1 is 1.26 bits per heavy atom. The number of ether oxygens (including phenoxy) is 1. The average molecular weight is 260 g/mol. The first kappa shape index (κ1) is 12.5. The molecular weight excluding hydrogens is 240 g/mol. The highest BCUT2D eigenvalue weighted by Crippen LogP contribution is 2.20. The molecule has 1 amide bonds. The Morgan fingerprint density at radius 2 is 2.05 bits per heavy atom. The molecule has 19 heavy (non-hydrogen) atoms. The van der Waals surface area contributed by atoms with E-state index in [-0.39, 0.29) is 5.91 Å². The van der Waals surface area contributed by atoms with Crippen LogP contribution in [0.5, 0.6) is 5.75 Å². The number of benzene rings is 1. The third kappa shape index (κ3) is 3.47. The van der Waals surface area contributed by atoms with Crippen molar-refractivity contribution in [3.8, 4) is 5.75 Å². The Hall–Kier alpha value is -1.55. The summed E-state index contributed by atoms with van der Waals surface area (Å²) in [6.45, 7) is 1.79. The predicted octanol–water partition coefficient (Wildman–Crippen LogP) is 1.71. The van der Waals surface area contributed by atoms with Gasteiger partial charge in [-0.05, 0) is 56.5 Å². The van der Waals surface area contributed by atoms with Crippen LogP contribution in [0.1, 0.15) is 36.0 Å². The van der Waals surface area contributed by atoms with Crippen LogP contribution in [0.4, 0.5) is 0 Å². The van der Waals surface area contributed by atoms with Crippen LogP contribution in [0.3, 0.4) is 0 Å². The predicted molar refractivity (Wildman–Crippen MR) is 73.4 cm³/mol. The van der Waals surface area contributed by atoms with Crippen LogP contribution >= 0.6 is 0 Å². The Balaban J connectivity index is 1.51. The van der Waals surface area contributed by atoms with Gasteiger partial charge < -0.3 is 15.4 Å². The van der Waals surface area contributed by atoms with Gasteiger partial charge in [-0.1, -0.05) is 0 Å². The van der Waals surface area contributed by atoms with Gasteiger partial charge in [0.15, 0.2) is 0 Å². The summed E-state index contributed by atoms with van der Waals surface area (Å²) in [6, 6.07) is 8.27. The second-order valence-electron chi connectivity index (χ2n) is 5.38. The maximum atomic E-state index is 11.8. The zero-order valence-corrected chi connectivity index (χ0v) is 11.0. The number of hydrogen-bond acceptors (Lipinski definition) is 3. The molecule has 0 spiro atoms. The van der Waals surface area contributed by atoms with E-state index in [2.05, 4.69) is 10.6 Å². The fourth-order valence-corrected chi connectivity index (χ4v) is 2.29. The molecule has 102 valence electrons. The minimum absolute atomic E-state index is 0.0199. The molecule has 1 aromatic carbocycles. The van der Waals surface area contributed by atoms with Crippen LogP contribution < -0.4 is 15.4 Å². The lowest BCUT2D eigenvalue weighted by atomic mass is 10.2. The summed E-state index contributed by atoms with van der Waals surface area (Å²) >= 11 is 0. The number of amides is 1. The van der Waals surface area contributed by atoms with Gasteiger partial charge in [-0.15, -0.1) is 0 Å². The first-order valence-corrected chi connectivity index (χ1v) is 7.08. The van der Waals surface area contributed by atoms with Crippen molar-refractivity contribution in [2.45, 2.75) is 37.8 Å². The van der Waals surface area contributed by atoms with Crippen LogP contribution in [0.25, 0.3) is 0 Å². The maximum Gasteiger partial charge on any atom is 0.251 e. The Morgan fingerprint density at radius 3 is 2.68 bits per heavy atom. The van der Waals surface area contributed by atoms with Crippen LogP contribution in [0.15, 0.2) is 24.3 Å². The summed E-state index contributed by atoms with van der Waals surface area (Å²) in [7, 11) is 0. The lowest BCUT2D eigenvalue weighted by molar-refractivity contribution is 0.0951. The van der Waals surface area contributed by atoms with Gasteiger partial charge in [0.2, 0.25) is 0 Å². The molecule has 2 N–H and O–H groups in total. The highest BCUT2D eigenvalue weighted by molar-refractivity contribution is 5.94. The molecule has 0 radical (unpaired) electrons. The molecule has 1 saturated heterocycles. The zero-order valence-electron chi connectivity index (χ0n) is 11.0. The third-order valence-electron chi connectivity index (χ3n) is 3.64. The molecule has 3 rings (SSSR count). The van der Waals surface area contributed by atoms with E-state index in [1.54, 1.807) is 0 Å². The van der Waals surface area contributed by atoms with Gasteiger partial charge in [-0.3, -0.25) is 4.79 Å². The summed E-state index contributed by atoms with van der Waals surface area (Å²) in [5, 5.41) is 6.37. The molecule has 0 unspecified atom stereocenters. The summed E-state index contributed by atoms with van der Waals surface area (Å²) in [5.41, 5.74) is 0.707. The van der Waals surface area contributed by atoms with E-state index in [1.807, 2.05) is 24.3 Å². The smallest absolute Gasteiger partial charge is 0.251 e. The monoisotopic (exact) mass is 260 g/mol. The molecule has 4 nitrogen and oxygen atoms in total. The van der Waals surface area contributed by atoms with Crippen molar-refractivity contribution in [3.05, 3.63) is 29.8 Å². The van der Waals surface area contributed by atoms with E-state index in [0.717, 1.165) is 25.1 Å². The number of carbonyl (C=O) groups is 1. The standard InChI is InChI=1S/C15H20N2O2/c18-15(17-12-5-6-12)11-3-7-14(8-4-11)19-10-13-2-1-9-16-13/h3-4,7-8,12-13,16H,1-2,5-6,9-10H2,(H,17,18)/t13-/m0/s1. The maximum absolute atomic E-state index is 11.8. The lowest BCUT2D eigenvalue weighted by Gasteiger charge is -2.12. The molecule has 2 fully saturated rings. The average Bonchev–Trinajstić information content (AvgIpc) is 3.09. The van der Waals surface area contributed by atoms with Gasteiger partial charge in [0, 0.05) is 17.6 Å². The van der Waals surface area contributed by atoms with Crippen LogP contribution in [0, 0.1) is 0 Å². The Labute approximate surface area is 113 Å². The number of hydrogen-bond donors (Lipinski definition) is 2. The van der Waals surface area contributed by atoms with Crippen molar-refractivity contribution in [3.63, 3.8) is 0 Å². The summed E-state index contributed by atoms with van der Waals surface area (Å²) in [4.78, 5) is 11.8. The molecule has 4 heteroatoms. The molecule has 0 aromatic heterocycles. The Kier molecular flexibility index (Phi) is 3.69. The third-order valence-corrected chi connectivity index (χ3v) is 3.64. The SMILES string of the molecule is O=C(NC1CC1)c1ccc(OC[C@@H]2CCCN2)cc1. The fourth-order valence-electron chi connectivity index (χ4n) is 2.29. The molecule has 1 atom stereocenters. The topological polar surface area (TPSA) is 50.4 Å². The highest BCUT2D eigenvalue weighted by Gasteiger charge is 2.23. The van der Waals surface area contributed by atoms with Gasteiger partial charge in [-0.25, -0.2) is 0 Å². The van der Waals surface area contributed by atoms with E-state index >= 15 is 0 Å². The number of carbonyl (C=O) groups excluding carboxylic acids is 1. The summed E-state index contributed by atoms with van der Waals surface area (Å²) in [5.74, 6) is 0.850. The first-order valence-electron chi connectivity index (χ1n) is 7.08. The molecule has 1 aliphatic carbocycles. The van der Waals surface area contributed by atoms with E-state index in [9.17, 15) is 4.79 Å². The first-order chi connectivity index (χ1) is 9.31. The van der Waals surface area contributed by atoms with E-state index in [0.29, 0.717) is 24.3 Å². The second-order valence-corrected chi connectivity index (χ2v) is 5.38. The largest absolute Gasteiger partial charge is 0.492 e. The minimum Gasteiger partial charge on any atom is -0.492 e. The summed E-state index contributed by atoms with van der Waals surface area (Å²) < 4.78 is 5.72. The zero-order chi connectivity index (χ0) is 13.1. The van der Waals surface area contributed by atoms with E-state index < -0.39 is 0 Å². The number of nitrogens with one attached hydrogen (secondary N) is 2. The minimum atomic E-state index is 0.0199. The van der Waals surface area contributed by atoms with Crippen LogP contribution in [-0.4, -0.2) is 31.1 Å². The lowest BCUT2D eigenvalue weighted by Crippen LogP contribution is -2.28. The van der Waals surface area contributed by atoms with Gasteiger partial charge in [0.05, 0.1) is 0 Å². The van der Waals surface area contributed by atoms with Gasteiger partial charge in [-0.2, -0.15) is 0 Å². The molecule has 1 saturated carbocycles. The van der Waals surface area contributed by atoms with Crippen molar-refractivity contribution in [1.29, 1.82) is 0 Å². The molecule has 1 aromatic rings. The highest BCUT2D eigenvalue weighted by atomic mass is 16.5. The van der Waals surface area contributed by atoms with Crippen molar-refractivity contribution in [2.24, 2.45) is 0 Å². The van der Waals surface area contributed by atoms with E-state index in [1.165, 1.54) is 12.8 Å². The van der Waals surface area contributed by atoms with Crippen molar-refractivity contribution in [1.82, 2.24) is 10.6 Å². The van der Waals surface area contributed by atoms with Gasteiger partial charge in [0.25, 0.3) is 5.91 Å². The van der Waals surface area contributed by atoms with Gasteiger partial charge >= 0.3 is 0 Å². The second kappa shape index (κ2) is 5.61. The van der Waals surface area contributed by atoms with Crippen LogP contribution in [0.2, 0.25) is 0 Å². The van der Waals surface area contributed by atoms with Crippen molar-refractivity contribution >= 4 is 5.91 Å². The van der Waals surface area contributed by atoms with E-state index in [4.69, 9.17) is 4.74 Å². The molecule has 1 heterocycles. The fraction of sp³-hybridized carbons (Fsp3) is 0.533. The van der Waals surface area contributed by atoms with Crippen LogP contribution in [-0.2, 0) is 0 Å². The Bertz CT molecular complexity index is 434. The van der Waals surface area contributed by atoms with Gasteiger partial charge in [0.1, 0.15) is 12.4 Å². The van der Waals surface area contributed by atoms with Crippen molar-refractivity contribution in [2.75, 3.05) is 13.2 Å². The molecule has 0 bridgehead atoms. The molecular formula is C15H20N2O2. The van der Waals surface area contributed by atoms with Crippen molar-refractivity contribution < 1.29 is 9.53 Å². The normalized spacial score (nSPS) is 22.2. The summed E-state index contributed by atoms with van der Waals surface area (Å²) in [6.07, 6.45) is 4.64. The molecule has 2 aliphatic rings. The number of rotatable bonds is 5. The quantitative estimate of drug-likeness (QED) is 0.847. The molecule has 1 aliphatic heterocycles.